The van der Waals surface area contributed by atoms with Crippen molar-refractivity contribution in [3.8, 4) is 11.5 Å². The molecule has 0 aliphatic heterocycles. The van der Waals surface area contributed by atoms with Crippen LogP contribution < -0.4 is 20.7 Å². The van der Waals surface area contributed by atoms with E-state index in [0.29, 0.717) is 22.2 Å². The highest BCUT2D eigenvalue weighted by atomic mass is 79.9. The molecule has 1 heterocycles. The SMILES string of the molecule is COc1ccc(C(=O)CSc2nnc(N/N=C/c3cc(Br)ccc3OC)n2N)cc1. The van der Waals surface area contributed by atoms with E-state index in [4.69, 9.17) is 15.3 Å². The van der Waals surface area contributed by atoms with Gasteiger partial charge in [0.25, 0.3) is 5.95 Å². The van der Waals surface area contributed by atoms with Crippen LogP contribution in [0.4, 0.5) is 5.95 Å². The van der Waals surface area contributed by atoms with Gasteiger partial charge in [0.05, 0.1) is 26.2 Å². The van der Waals surface area contributed by atoms with Crippen LogP contribution >= 0.6 is 27.7 Å². The minimum atomic E-state index is -0.0556. The third-order valence-electron chi connectivity index (χ3n) is 3.97. The zero-order valence-corrected chi connectivity index (χ0v) is 18.6. The van der Waals surface area contributed by atoms with E-state index >= 15 is 0 Å². The van der Waals surface area contributed by atoms with E-state index < -0.39 is 0 Å². The first-order chi connectivity index (χ1) is 14.5. The maximum atomic E-state index is 12.3. The quantitative estimate of drug-likeness (QED) is 0.154. The highest BCUT2D eigenvalue weighted by Crippen LogP contribution is 2.22. The van der Waals surface area contributed by atoms with Crippen LogP contribution in [0.5, 0.6) is 11.5 Å². The van der Waals surface area contributed by atoms with Gasteiger partial charge in [-0.15, -0.1) is 10.2 Å². The summed E-state index contributed by atoms with van der Waals surface area (Å²) in [5, 5.41) is 12.5. The molecule has 0 amide bonds. The normalized spacial score (nSPS) is 10.9. The summed E-state index contributed by atoms with van der Waals surface area (Å²) < 4.78 is 12.5. The molecule has 0 atom stereocenters. The van der Waals surface area contributed by atoms with Crippen LogP contribution in [0.3, 0.4) is 0 Å². The fourth-order valence-corrected chi connectivity index (χ4v) is 3.54. The lowest BCUT2D eigenvalue weighted by molar-refractivity contribution is 0.102. The molecule has 156 valence electrons. The number of Topliss-reactive ketones (excluding diaryl/α,β-unsaturated/α-hetero) is 1. The van der Waals surface area contributed by atoms with Crippen molar-refractivity contribution in [1.82, 2.24) is 14.9 Å². The van der Waals surface area contributed by atoms with Crippen molar-refractivity contribution in [1.29, 1.82) is 0 Å². The predicted octanol–water partition coefficient (Wildman–Crippen LogP) is 3.19. The lowest BCUT2D eigenvalue weighted by atomic mass is 10.1. The third-order valence-corrected chi connectivity index (χ3v) is 5.41. The topological polar surface area (TPSA) is 117 Å². The molecule has 30 heavy (non-hydrogen) atoms. The molecule has 0 aliphatic rings. The number of aromatic nitrogens is 3. The summed E-state index contributed by atoms with van der Waals surface area (Å²) in [6.45, 7) is 0. The van der Waals surface area contributed by atoms with Gasteiger partial charge in [-0.25, -0.2) is 10.1 Å². The number of ketones is 1. The molecule has 0 fully saturated rings. The van der Waals surface area contributed by atoms with Crippen LogP contribution in [-0.2, 0) is 0 Å². The molecular formula is C19H19BrN6O3S. The summed E-state index contributed by atoms with van der Waals surface area (Å²) in [4.78, 5) is 12.3. The number of benzene rings is 2. The summed E-state index contributed by atoms with van der Waals surface area (Å²) in [5.74, 6) is 7.71. The molecule has 11 heteroatoms. The Bertz CT molecular complexity index is 1050. The van der Waals surface area contributed by atoms with E-state index in [-0.39, 0.29) is 17.5 Å². The van der Waals surface area contributed by atoms with E-state index in [2.05, 4.69) is 36.7 Å². The second-order valence-corrected chi connectivity index (χ2v) is 7.73. The highest BCUT2D eigenvalue weighted by molar-refractivity contribution is 9.10. The molecular weight excluding hydrogens is 472 g/mol. The molecule has 3 aromatic rings. The third kappa shape index (κ3) is 5.30. The van der Waals surface area contributed by atoms with Crippen LogP contribution in [0.25, 0.3) is 0 Å². The van der Waals surface area contributed by atoms with Crippen molar-refractivity contribution in [3.05, 3.63) is 58.1 Å². The number of hydrazone groups is 1. The molecule has 0 spiro atoms. The van der Waals surface area contributed by atoms with Crippen LogP contribution in [-0.4, -0.2) is 46.8 Å². The van der Waals surface area contributed by atoms with Crippen molar-refractivity contribution in [2.45, 2.75) is 5.16 Å². The molecule has 3 N–H and O–H groups in total. The number of ether oxygens (including phenoxy) is 2. The number of nitrogen functional groups attached to an aromatic ring is 1. The molecule has 0 saturated heterocycles. The Kier molecular flexibility index (Phi) is 7.31. The number of carbonyl (C=O) groups is 1. The Morgan fingerprint density at radius 1 is 1.23 bits per heavy atom. The van der Waals surface area contributed by atoms with Crippen molar-refractivity contribution in [2.75, 3.05) is 31.2 Å². The van der Waals surface area contributed by atoms with Gasteiger partial charge in [0.2, 0.25) is 5.16 Å². The molecule has 3 rings (SSSR count). The Balaban J connectivity index is 1.60. The van der Waals surface area contributed by atoms with Crippen molar-refractivity contribution in [3.63, 3.8) is 0 Å². The summed E-state index contributed by atoms with van der Waals surface area (Å²) in [6.07, 6.45) is 1.58. The number of halogens is 1. The van der Waals surface area contributed by atoms with E-state index in [0.717, 1.165) is 10.0 Å². The first-order valence-corrected chi connectivity index (χ1v) is 10.4. The van der Waals surface area contributed by atoms with Gasteiger partial charge >= 0.3 is 0 Å². The first-order valence-electron chi connectivity index (χ1n) is 8.65. The molecule has 2 aromatic carbocycles. The van der Waals surface area contributed by atoms with Crippen LogP contribution in [0.2, 0.25) is 0 Å². The number of anilines is 1. The second kappa shape index (κ2) is 10.1. The minimum absolute atomic E-state index is 0.0556. The molecule has 0 aliphatic carbocycles. The predicted molar refractivity (Wildman–Crippen MR) is 120 cm³/mol. The summed E-state index contributed by atoms with van der Waals surface area (Å²) in [7, 11) is 3.16. The first kappa shape index (κ1) is 21.7. The van der Waals surface area contributed by atoms with E-state index in [9.17, 15) is 4.79 Å². The van der Waals surface area contributed by atoms with Crippen molar-refractivity contribution < 1.29 is 14.3 Å². The average Bonchev–Trinajstić information content (AvgIpc) is 3.11. The van der Waals surface area contributed by atoms with Crippen LogP contribution in [0, 0.1) is 0 Å². The van der Waals surface area contributed by atoms with Gasteiger partial charge in [0.1, 0.15) is 11.5 Å². The number of carbonyl (C=O) groups excluding carboxylic acids is 1. The Morgan fingerprint density at radius 2 is 2.00 bits per heavy atom. The largest absolute Gasteiger partial charge is 0.497 e. The zero-order chi connectivity index (χ0) is 21.5. The summed E-state index contributed by atoms with van der Waals surface area (Å²) >= 11 is 4.59. The Labute approximate surface area is 185 Å². The Morgan fingerprint density at radius 3 is 2.70 bits per heavy atom. The number of nitrogens with two attached hydrogens (primary N) is 1. The molecule has 0 bridgehead atoms. The fraction of sp³-hybridized carbons (Fsp3) is 0.158. The van der Waals surface area contributed by atoms with Gasteiger partial charge in [0, 0.05) is 15.6 Å². The smallest absolute Gasteiger partial charge is 0.264 e. The number of hydrogen-bond acceptors (Lipinski definition) is 9. The summed E-state index contributed by atoms with van der Waals surface area (Å²) in [6, 6.07) is 12.5. The summed E-state index contributed by atoms with van der Waals surface area (Å²) in [5.41, 5.74) is 4.08. The number of rotatable bonds is 9. The van der Waals surface area contributed by atoms with E-state index in [1.807, 2.05) is 18.2 Å². The average molecular weight is 491 g/mol. The molecule has 0 saturated carbocycles. The van der Waals surface area contributed by atoms with Crippen molar-refractivity contribution >= 4 is 45.6 Å². The zero-order valence-electron chi connectivity index (χ0n) is 16.2. The molecule has 0 unspecified atom stereocenters. The number of thioether (sulfide) groups is 1. The van der Waals surface area contributed by atoms with Gasteiger partial charge in [-0.1, -0.05) is 27.7 Å². The number of hydrogen-bond donors (Lipinski definition) is 2. The number of methoxy groups -OCH3 is 2. The van der Waals surface area contributed by atoms with Crippen LogP contribution in [0.1, 0.15) is 15.9 Å². The van der Waals surface area contributed by atoms with Gasteiger partial charge in [0.15, 0.2) is 5.78 Å². The monoisotopic (exact) mass is 490 g/mol. The van der Waals surface area contributed by atoms with Gasteiger partial charge in [-0.3, -0.25) is 4.79 Å². The Hall–Kier alpha value is -3.05. The number of nitrogens with zero attached hydrogens (tertiary/aromatic N) is 4. The number of nitrogens with one attached hydrogen (secondary N) is 1. The maximum absolute atomic E-state index is 12.3. The molecule has 0 radical (unpaired) electrons. The second-order valence-electron chi connectivity index (χ2n) is 5.87. The lowest BCUT2D eigenvalue weighted by Gasteiger charge is -2.05. The van der Waals surface area contributed by atoms with Gasteiger partial charge in [-0.2, -0.15) is 5.10 Å². The van der Waals surface area contributed by atoms with Gasteiger partial charge in [-0.05, 0) is 42.5 Å². The molecule has 1 aromatic heterocycles. The van der Waals surface area contributed by atoms with Crippen LogP contribution in [0.15, 0.2) is 57.2 Å². The molecule has 9 nitrogen and oxygen atoms in total. The highest BCUT2D eigenvalue weighted by Gasteiger charge is 2.13. The van der Waals surface area contributed by atoms with Gasteiger partial charge < -0.3 is 15.3 Å². The fourth-order valence-electron chi connectivity index (χ4n) is 2.41. The minimum Gasteiger partial charge on any atom is -0.497 e. The van der Waals surface area contributed by atoms with Crippen molar-refractivity contribution in [2.24, 2.45) is 5.10 Å². The lowest BCUT2D eigenvalue weighted by Crippen LogP contribution is -2.14. The van der Waals surface area contributed by atoms with E-state index in [1.165, 1.54) is 16.4 Å². The maximum Gasteiger partial charge on any atom is 0.264 e. The van der Waals surface area contributed by atoms with E-state index in [1.54, 1.807) is 44.7 Å². The standard InChI is InChI=1S/C19H19BrN6O3S/c1-28-15-6-3-12(4-7-15)16(27)11-30-19-25-24-18(26(19)21)23-22-10-13-9-14(20)5-8-17(13)29-2/h3-10H,11,21H2,1-2H3,(H,23,24)/b22-10+.